The van der Waals surface area contributed by atoms with E-state index in [2.05, 4.69) is 0 Å². The summed E-state index contributed by atoms with van der Waals surface area (Å²) in [5.74, 6) is -5.95. The van der Waals surface area contributed by atoms with Gasteiger partial charge in [0.15, 0.2) is 0 Å². The van der Waals surface area contributed by atoms with Crippen molar-refractivity contribution < 1.29 is 28.3 Å². The molecule has 7 heteroatoms. The minimum absolute atomic E-state index is 0.0258. The van der Waals surface area contributed by atoms with Gasteiger partial charge >= 0.3 is 0 Å². The molecule has 1 aliphatic carbocycles. The maximum absolute atomic E-state index is 14.9. The summed E-state index contributed by atoms with van der Waals surface area (Å²) < 4.78 is 20.9. The van der Waals surface area contributed by atoms with Crippen molar-refractivity contribution in [2.45, 2.75) is 18.6 Å². The lowest BCUT2D eigenvalue weighted by Gasteiger charge is -2.27. The molecule has 0 N–H and O–H groups in total. The lowest BCUT2D eigenvalue weighted by Crippen LogP contribution is -2.51. The fourth-order valence-electron chi connectivity index (χ4n) is 5.45. The predicted octanol–water partition coefficient (Wildman–Crippen LogP) is 3.83. The number of carbonyl (C=O) groups excluding carboxylic acids is 4. The molecule has 1 spiro atoms. The summed E-state index contributed by atoms with van der Waals surface area (Å²) in [6, 6.07) is 18.7. The molecule has 2 fully saturated rings. The molecule has 3 aromatic rings. The van der Waals surface area contributed by atoms with Gasteiger partial charge in [0.25, 0.3) is 0 Å². The number of benzene rings is 3. The topological polar surface area (TPSA) is 80.8 Å². The van der Waals surface area contributed by atoms with E-state index in [0.29, 0.717) is 5.69 Å². The molecule has 6 nitrogen and oxygen atoms in total. The number of ketones is 2. The predicted molar refractivity (Wildman–Crippen MR) is 119 cm³/mol. The summed E-state index contributed by atoms with van der Waals surface area (Å²) >= 11 is 0. The van der Waals surface area contributed by atoms with Crippen LogP contribution in [0.25, 0.3) is 0 Å². The molecule has 0 radical (unpaired) electrons. The minimum Gasteiger partial charge on any atom is -0.349 e. The molecule has 0 bridgehead atoms. The normalized spacial score (nSPS) is 24.8. The van der Waals surface area contributed by atoms with Crippen molar-refractivity contribution in [3.63, 3.8) is 0 Å². The van der Waals surface area contributed by atoms with Crippen LogP contribution in [0.5, 0.6) is 0 Å². The van der Waals surface area contributed by atoms with Crippen molar-refractivity contribution >= 4 is 29.1 Å². The number of hydrogen-bond acceptors (Lipinski definition) is 5. The number of anilines is 1. The van der Waals surface area contributed by atoms with E-state index in [-0.39, 0.29) is 16.7 Å². The molecule has 0 saturated carbocycles. The van der Waals surface area contributed by atoms with E-state index in [1.54, 1.807) is 42.5 Å². The maximum Gasteiger partial charge on any atom is 0.241 e. The third-order valence-corrected chi connectivity index (χ3v) is 7.02. The molecule has 2 aliphatic heterocycles. The summed E-state index contributed by atoms with van der Waals surface area (Å²) in [7, 11) is 0. The Balaban J connectivity index is 1.56. The van der Waals surface area contributed by atoms with Crippen LogP contribution in [0.4, 0.5) is 10.1 Å². The van der Waals surface area contributed by atoms with Crippen molar-refractivity contribution in [2.75, 3.05) is 4.90 Å². The van der Waals surface area contributed by atoms with Gasteiger partial charge in [0.1, 0.15) is 5.82 Å². The molecule has 3 atom stereocenters. The van der Waals surface area contributed by atoms with Gasteiger partial charge in [-0.1, -0.05) is 60.2 Å². The molecule has 2 saturated heterocycles. The molecule has 34 heavy (non-hydrogen) atoms. The average molecular weight is 455 g/mol. The van der Waals surface area contributed by atoms with E-state index >= 15 is 0 Å². The van der Waals surface area contributed by atoms with Gasteiger partial charge in [-0.2, -0.15) is 0 Å². The lowest BCUT2D eigenvalue weighted by molar-refractivity contribution is -0.127. The maximum atomic E-state index is 14.9. The molecular formula is C27H18FNO5. The number of hydrogen-bond donors (Lipinski definition) is 0. The van der Waals surface area contributed by atoms with Crippen LogP contribution in [-0.4, -0.2) is 29.0 Å². The number of Topliss-reactive ketones (excluding diaryl/α,β-unsaturated/α-hetero) is 2. The zero-order valence-electron chi connectivity index (χ0n) is 18.0. The quantitative estimate of drug-likeness (QED) is 0.433. The molecule has 2 amide bonds. The Morgan fingerprint density at radius 2 is 1.38 bits per heavy atom. The van der Waals surface area contributed by atoms with Crippen LogP contribution >= 0.6 is 0 Å². The van der Waals surface area contributed by atoms with Gasteiger partial charge in [0.2, 0.25) is 29.0 Å². The minimum atomic E-state index is -2.21. The summed E-state index contributed by atoms with van der Waals surface area (Å²) in [5.41, 5.74) is -0.661. The van der Waals surface area contributed by atoms with Crippen LogP contribution in [0, 0.1) is 24.6 Å². The number of imide groups is 1. The van der Waals surface area contributed by atoms with Crippen LogP contribution < -0.4 is 4.90 Å². The first-order valence-electron chi connectivity index (χ1n) is 10.9. The summed E-state index contributed by atoms with van der Waals surface area (Å²) in [6.07, 6.45) is -1.28. The number of rotatable bonds is 2. The summed E-state index contributed by atoms with van der Waals surface area (Å²) in [6.45, 7) is 1.87. The Bertz CT molecular complexity index is 1380. The first kappa shape index (κ1) is 20.6. The Kier molecular flexibility index (Phi) is 4.25. The zero-order chi connectivity index (χ0) is 23.8. The molecule has 2 heterocycles. The lowest BCUT2D eigenvalue weighted by atomic mass is 9.77. The van der Waals surface area contributed by atoms with Gasteiger partial charge in [-0.05, 0) is 25.1 Å². The zero-order valence-corrected chi connectivity index (χ0v) is 18.0. The first-order valence-corrected chi connectivity index (χ1v) is 10.9. The van der Waals surface area contributed by atoms with Crippen molar-refractivity contribution in [1.29, 1.82) is 0 Å². The summed E-state index contributed by atoms with van der Waals surface area (Å²) in [5, 5.41) is 0. The molecule has 3 unspecified atom stereocenters. The molecule has 3 aromatic carbocycles. The van der Waals surface area contributed by atoms with Crippen LogP contribution in [0.15, 0.2) is 72.8 Å². The Labute approximate surface area is 193 Å². The number of fused-ring (bicyclic) bond motifs is 3. The van der Waals surface area contributed by atoms with Crippen molar-refractivity contribution in [1.82, 2.24) is 0 Å². The van der Waals surface area contributed by atoms with E-state index in [1.165, 1.54) is 30.3 Å². The Morgan fingerprint density at radius 3 is 2.00 bits per heavy atom. The van der Waals surface area contributed by atoms with E-state index in [4.69, 9.17) is 4.74 Å². The fraction of sp³-hybridized carbons (Fsp3) is 0.185. The Hall–Kier alpha value is -3.97. The van der Waals surface area contributed by atoms with E-state index in [9.17, 15) is 23.6 Å². The van der Waals surface area contributed by atoms with Crippen molar-refractivity contribution in [2.24, 2.45) is 11.8 Å². The number of ether oxygens (including phenoxy) is 1. The number of halogens is 1. The third kappa shape index (κ3) is 2.47. The molecule has 6 rings (SSSR count). The van der Waals surface area contributed by atoms with E-state index in [1.807, 2.05) is 6.92 Å². The summed E-state index contributed by atoms with van der Waals surface area (Å²) in [4.78, 5) is 55.8. The average Bonchev–Trinajstić information content (AvgIpc) is 3.40. The van der Waals surface area contributed by atoms with Crippen molar-refractivity contribution in [3.8, 4) is 0 Å². The van der Waals surface area contributed by atoms with Crippen molar-refractivity contribution in [3.05, 3.63) is 101 Å². The van der Waals surface area contributed by atoms with Crippen LogP contribution in [0.2, 0.25) is 0 Å². The number of carbonyl (C=O) groups is 4. The Morgan fingerprint density at radius 1 is 0.794 bits per heavy atom. The second-order valence-corrected chi connectivity index (χ2v) is 8.85. The van der Waals surface area contributed by atoms with Gasteiger partial charge in [-0.3, -0.25) is 19.2 Å². The standard InChI is InChI=1S/C27H18FNO5/c1-14-10-12-15(13-11-14)29-25(32)20-21(26(29)33)27(34-22(20)18-8-4-5-9-19(18)28)23(30)16-6-2-3-7-17(16)24(27)31/h2-13,20-22H,1H3. The van der Waals surface area contributed by atoms with E-state index in [0.717, 1.165) is 10.5 Å². The highest BCUT2D eigenvalue weighted by molar-refractivity contribution is 6.37. The van der Waals surface area contributed by atoms with Gasteiger partial charge in [0.05, 0.1) is 23.6 Å². The van der Waals surface area contributed by atoms with Gasteiger partial charge < -0.3 is 4.74 Å². The SMILES string of the molecule is Cc1ccc(N2C(=O)C3C(c4ccccc4F)OC4(C(=O)c5ccccc5C4=O)C3C2=O)cc1. The molecular weight excluding hydrogens is 437 g/mol. The second-order valence-electron chi connectivity index (χ2n) is 8.85. The van der Waals surface area contributed by atoms with Gasteiger partial charge in [-0.25, -0.2) is 9.29 Å². The fourth-order valence-corrected chi connectivity index (χ4v) is 5.45. The largest absolute Gasteiger partial charge is 0.349 e. The van der Waals surface area contributed by atoms with Crippen LogP contribution in [0.3, 0.4) is 0 Å². The van der Waals surface area contributed by atoms with Gasteiger partial charge in [0, 0.05) is 16.7 Å². The van der Waals surface area contributed by atoms with Gasteiger partial charge in [-0.15, -0.1) is 0 Å². The van der Waals surface area contributed by atoms with E-state index < -0.39 is 52.7 Å². The monoisotopic (exact) mass is 455 g/mol. The molecule has 168 valence electrons. The third-order valence-electron chi connectivity index (χ3n) is 7.02. The molecule has 0 aromatic heterocycles. The van der Waals surface area contributed by atoms with Crippen LogP contribution in [0.1, 0.15) is 37.9 Å². The number of nitrogens with zero attached hydrogens (tertiary/aromatic N) is 1. The smallest absolute Gasteiger partial charge is 0.241 e. The number of aryl methyl sites for hydroxylation is 1. The number of amides is 2. The highest BCUT2D eigenvalue weighted by Crippen LogP contribution is 2.57. The first-order chi connectivity index (χ1) is 16.4. The second kappa shape index (κ2) is 7.01. The van der Waals surface area contributed by atoms with Crippen LogP contribution in [-0.2, 0) is 14.3 Å². The molecule has 3 aliphatic rings. The highest BCUT2D eigenvalue weighted by atomic mass is 19.1. The highest BCUT2D eigenvalue weighted by Gasteiger charge is 2.75.